The number of nitrogens with one attached hydrogen (secondary N) is 1. The number of carbonyl (C=O) groups is 1. The average Bonchev–Trinajstić information content (AvgIpc) is 2.48. The van der Waals surface area contributed by atoms with Crippen molar-refractivity contribution in [1.29, 1.82) is 0 Å². The summed E-state index contributed by atoms with van der Waals surface area (Å²) >= 11 is 0. The van der Waals surface area contributed by atoms with Crippen molar-refractivity contribution in [3.8, 4) is 0 Å². The summed E-state index contributed by atoms with van der Waals surface area (Å²) in [4.78, 5) is 24.2. The highest BCUT2D eigenvalue weighted by Gasteiger charge is 2.11. The second kappa shape index (κ2) is 6.04. The molecular formula is C15H15N3O3. The molecule has 0 saturated heterocycles. The van der Waals surface area contributed by atoms with Crippen molar-refractivity contribution >= 4 is 23.0 Å². The van der Waals surface area contributed by atoms with Gasteiger partial charge in [0.1, 0.15) is 0 Å². The highest BCUT2D eigenvalue weighted by molar-refractivity contribution is 6.04. The van der Waals surface area contributed by atoms with Crippen molar-refractivity contribution in [3.63, 3.8) is 0 Å². The van der Waals surface area contributed by atoms with Crippen LogP contribution in [0.3, 0.4) is 0 Å². The number of benzene rings is 2. The molecule has 1 amide bonds. The van der Waals surface area contributed by atoms with Gasteiger partial charge in [0.25, 0.3) is 11.6 Å². The van der Waals surface area contributed by atoms with Crippen LogP contribution in [0.25, 0.3) is 0 Å². The van der Waals surface area contributed by atoms with Crippen LogP contribution in [0.2, 0.25) is 0 Å². The molecule has 0 bridgehead atoms. The van der Waals surface area contributed by atoms with E-state index in [9.17, 15) is 14.9 Å². The molecule has 0 unspecified atom stereocenters. The van der Waals surface area contributed by atoms with Crippen LogP contribution >= 0.6 is 0 Å². The van der Waals surface area contributed by atoms with E-state index in [0.717, 1.165) is 5.69 Å². The van der Waals surface area contributed by atoms with E-state index >= 15 is 0 Å². The van der Waals surface area contributed by atoms with E-state index in [1.807, 2.05) is 31.1 Å². The summed E-state index contributed by atoms with van der Waals surface area (Å²) in [5.41, 5.74) is 1.80. The zero-order valence-corrected chi connectivity index (χ0v) is 11.7. The van der Waals surface area contributed by atoms with E-state index < -0.39 is 4.92 Å². The van der Waals surface area contributed by atoms with Gasteiger partial charge < -0.3 is 10.2 Å². The van der Waals surface area contributed by atoms with Crippen LogP contribution in [-0.4, -0.2) is 24.9 Å². The normalized spacial score (nSPS) is 10.0. The molecule has 0 aromatic heterocycles. The first-order valence-electron chi connectivity index (χ1n) is 6.30. The number of nitro benzene ring substituents is 1. The lowest BCUT2D eigenvalue weighted by Gasteiger charge is -2.13. The van der Waals surface area contributed by atoms with Crippen molar-refractivity contribution in [2.75, 3.05) is 24.3 Å². The van der Waals surface area contributed by atoms with Gasteiger partial charge in [-0.2, -0.15) is 0 Å². The summed E-state index contributed by atoms with van der Waals surface area (Å²) in [6, 6.07) is 13.0. The van der Waals surface area contributed by atoms with Gasteiger partial charge in [-0.1, -0.05) is 6.07 Å². The highest BCUT2D eigenvalue weighted by Crippen LogP contribution is 2.18. The van der Waals surface area contributed by atoms with Gasteiger partial charge in [-0.15, -0.1) is 0 Å². The minimum atomic E-state index is -0.525. The Kier molecular flexibility index (Phi) is 4.18. The van der Waals surface area contributed by atoms with E-state index in [0.29, 0.717) is 5.69 Å². The van der Waals surface area contributed by atoms with E-state index in [4.69, 9.17) is 0 Å². The molecule has 21 heavy (non-hydrogen) atoms. The summed E-state index contributed by atoms with van der Waals surface area (Å²) in [6.45, 7) is 0. The van der Waals surface area contributed by atoms with E-state index in [-0.39, 0.29) is 17.2 Å². The first-order chi connectivity index (χ1) is 9.97. The molecule has 0 radical (unpaired) electrons. The Hall–Kier alpha value is -2.89. The number of hydrogen-bond donors (Lipinski definition) is 1. The highest BCUT2D eigenvalue weighted by atomic mass is 16.6. The van der Waals surface area contributed by atoms with Gasteiger partial charge in [0.15, 0.2) is 0 Å². The van der Waals surface area contributed by atoms with Crippen LogP contribution in [0, 0.1) is 10.1 Å². The quantitative estimate of drug-likeness (QED) is 0.692. The monoisotopic (exact) mass is 285 g/mol. The van der Waals surface area contributed by atoms with E-state index in [2.05, 4.69) is 5.32 Å². The van der Waals surface area contributed by atoms with Gasteiger partial charge in [-0.25, -0.2) is 0 Å². The number of hydrogen-bond acceptors (Lipinski definition) is 4. The third-order valence-electron chi connectivity index (χ3n) is 2.96. The van der Waals surface area contributed by atoms with Crippen molar-refractivity contribution in [3.05, 3.63) is 64.2 Å². The number of nitrogens with zero attached hydrogens (tertiary/aromatic N) is 2. The number of non-ortho nitro benzene ring substituents is 1. The molecule has 2 aromatic rings. The molecule has 0 atom stereocenters. The zero-order chi connectivity index (χ0) is 15.4. The Labute approximate surface area is 122 Å². The summed E-state index contributed by atoms with van der Waals surface area (Å²) in [5, 5.41) is 13.4. The summed E-state index contributed by atoms with van der Waals surface area (Å²) in [5.74, 6) is -0.378. The van der Waals surface area contributed by atoms with E-state index in [1.165, 1.54) is 24.3 Å². The van der Waals surface area contributed by atoms with Gasteiger partial charge >= 0.3 is 0 Å². The molecule has 0 saturated carbocycles. The number of nitro groups is 1. The fourth-order valence-electron chi connectivity index (χ4n) is 1.81. The third-order valence-corrected chi connectivity index (χ3v) is 2.96. The molecule has 2 aromatic carbocycles. The fraction of sp³-hybridized carbons (Fsp3) is 0.133. The second-order valence-corrected chi connectivity index (χ2v) is 4.70. The van der Waals surface area contributed by atoms with Crippen LogP contribution in [-0.2, 0) is 0 Å². The third kappa shape index (κ3) is 3.56. The number of anilines is 2. The Balaban J connectivity index is 2.14. The number of rotatable bonds is 4. The predicted octanol–water partition coefficient (Wildman–Crippen LogP) is 2.91. The zero-order valence-electron chi connectivity index (χ0n) is 11.7. The SMILES string of the molecule is CN(C)c1ccc(NC(=O)c2cccc([N+](=O)[O-])c2)cc1. The first-order valence-corrected chi connectivity index (χ1v) is 6.30. The van der Waals surface area contributed by atoms with Crippen LogP contribution in [0.15, 0.2) is 48.5 Å². The van der Waals surface area contributed by atoms with Gasteiger partial charge in [-0.05, 0) is 30.3 Å². The summed E-state index contributed by atoms with van der Waals surface area (Å²) in [7, 11) is 3.85. The Morgan fingerprint density at radius 3 is 2.38 bits per heavy atom. The molecule has 0 aliphatic heterocycles. The number of carbonyl (C=O) groups excluding carboxylic acids is 1. The van der Waals surface area contributed by atoms with Gasteiger partial charge in [0.2, 0.25) is 0 Å². The lowest BCUT2D eigenvalue weighted by molar-refractivity contribution is -0.384. The van der Waals surface area contributed by atoms with Crippen LogP contribution in [0.5, 0.6) is 0 Å². The molecular weight excluding hydrogens is 270 g/mol. The standard InChI is InChI=1S/C15H15N3O3/c1-17(2)13-8-6-12(7-9-13)16-15(19)11-4-3-5-14(10-11)18(20)21/h3-10H,1-2H3,(H,16,19). The molecule has 0 heterocycles. The molecule has 1 N–H and O–H groups in total. The summed E-state index contributed by atoms with van der Waals surface area (Å²) in [6.07, 6.45) is 0. The van der Waals surface area contributed by atoms with Crippen molar-refractivity contribution in [1.82, 2.24) is 0 Å². The van der Waals surface area contributed by atoms with Crippen LogP contribution in [0.1, 0.15) is 10.4 Å². The van der Waals surface area contributed by atoms with Gasteiger partial charge in [-0.3, -0.25) is 14.9 Å². The van der Waals surface area contributed by atoms with Gasteiger partial charge in [0.05, 0.1) is 4.92 Å². The van der Waals surface area contributed by atoms with Crippen molar-refractivity contribution in [2.45, 2.75) is 0 Å². The smallest absolute Gasteiger partial charge is 0.270 e. The molecule has 108 valence electrons. The topological polar surface area (TPSA) is 75.5 Å². The lowest BCUT2D eigenvalue weighted by Crippen LogP contribution is -2.12. The van der Waals surface area contributed by atoms with Crippen molar-refractivity contribution < 1.29 is 9.72 Å². The van der Waals surface area contributed by atoms with E-state index in [1.54, 1.807) is 12.1 Å². The van der Waals surface area contributed by atoms with Crippen LogP contribution < -0.4 is 10.2 Å². The maximum Gasteiger partial charge on any atom is 0.270 e. The molecule has 0 fully saturated rings. The molecule has 0 spiro atoms. The molecule has 6 heteroatoms. The average molecular weight is 285 g/mol. The molecule has 0 aliphatic rings. The molecule has 6 nitrogen and oxygen atoms in total. The molecule has 2 rings (SSSR count). The fourth-order valence-corrected chi connectivity index (χ4v) is 1.81. The molecule has 0 aliphatic carbocycles. The lowest BCUT2D eigenvalue weighted by atomic mass is 10.2. The Morgan fingerprint density at radius 1 is 1.14 bits per heavy atom. The maximum atomic E-state index is 12.1. The summed E-state index contributed by atoms with van der Waals surface area (Å²) < 4.78 is 0. The first kappa shape index (κ1) is 14.5. The number of amides is 1. The van der Waals surface area contributed by atoms with Crippen molar-refractivity contribution in [2.24, 2.45) is 0 Å². The van der Waals surface area contributed by atoms with Gasteiger partial charge in [0, 0.05) is 43.2 Å². The Bertz CT molecular complexity index is 666. The minimum Gasteiger partial charge on any atom is -0.378 e. The minimum absolute atomic E-state index is 0.106. The maximum absolute atomic E-state index is 12.1. The largest absolute Gasteiger partial charge is 0.378 e. The van der Waals surface area contributed by atoms with Crippen LogP contribution in [0.4, 0.5) is 17.1 Å². The predicted molar refractivity (Wildman–Crippen MR) is 81.8 cm³/mol. The Morgan fingerprint density at radius 2 is 1.81 bits per heavy atom. The second-order valence-electron chi connectivity index (χ2n) is 4.70.